The van der Waals surface area contributed by atoms with Gasteiger partial charge in [0.2, 0.25) is 8.32 Å². The monoisotopic (exact) mass is 406 g/mol. The lowest BCUT2D eigenvalue weighted by atomic mass is 9.64. The highest BCUT2D eigenvalue weighted by molar-refractivity contribution is 6.74. The zero-order valence-corrected chi connectivity index (χ0v) is 21.2. The van der Waals surface area contributed by atoms with Gasteiger partial charge >= 0.3 is 0 Å². The van der Waals surface area contributed by atoms with Crippen molar-refractivity contribution in [3.8, 4) is 0 Å². The first kappa shape index (κ1) is 23.7. The molecular formula is C25H46O2Si. The number of rotatable bonds is 6. The minimum atomic E-state index is -1.80. The smallest absolute Gasteiger partial charge is 0.250 e. The molecule has 3 heteroatoms. The molecular weight excluding hydrogens is 360 g/mol. The fourth-order valence-electron chi connectivity index (χ4n) is 4.89. The third kappa shape index (κ3) is 4.78. The molecule has 1 saturated carbocycles. The van der Waals surface area contributed by atoms with Crippen LogP contribution in [0, 0.1) is 29.1 Å². The van der Waals surface area contributed by atoms with Crippen LogP contribution >= 0.6 is 0 Å². The van der Waals surface area contributed by atoms with Gasteiger partial charge in [-0.15, -0.1) is 0 Å². The van der Waals surface area contributed by atoms with Crippen molar-refractivity contribution in [1.29, 1.82) is 0 Å². The second kappa shape index (κ2) is 7.94. The Morgan fingerprint density at radius 3 is 2.29 bits per heavy atom. The first-order valence-electron chi connectivity index (χ1n) is 11.4. The highest BCUT2D eigenvalue weighted by atomic mass is 28.4. The van der Waals surface area contributed by atoms with Crippen LogP contribution in [0.5, 0.6) is 0 Å². The molecule has 1 N–H and O–H groups in total. The predicted octanol–water partition coefficient (Wildman–Crippen LogP) is 7.32. The van der Waals surface area contributed by atoms with Gasteiger partial charge in [-0.1, -0.05) is 53.7 Å². The molecule has 162 valence electrons. The van der Waals surface area contributed by atoms with E-state index < -0.39 is 13.9 Å². The number of hydrogen-bond donors (Lipinski definition) is 1. The third-order valence-electron chi connectivity index (χ3n) is 8.41. The van der Waals surface area contributed by atoms with Crippen LogP contribution in [0.4, 0.5) is 0 Å². The molecule has 0 aromatic carbocycles. The van der Waals surface area contributed by atoms with Crippen molar-refractivity contribution in [2.24, 2.45) is 29.1 Å². The molecule has 1 unspecified atom stereocenters. The summed E-state index contributed by atoms with van der Waals surface area (Å²) in [6.45, 7) is 22.5. The van der Waals surface area contributed by atoms with Crippen molar-refractivity contribution >= 4 is 8.32 Å². The highest BCUT2D eigenvalue weighted by Gasteiger charge is 2.52. The number of allylic oxidation sites excluding steroid dienone is 3. The molecule has 2 nitrogen and oxygen atoms in total. The maximum atomic E-state index is 10.2. The molecule has 0 heterocycles. The second-order valence-electron chi connectivity index (χ2n) is 11.9. The van der Waals surface area contributed by atoms with Crippen LogP contribution in [-0.4, -0.2) is 19.0 Å². The Morgan fingerprint density at radius 2 is 1.75 bits per heavy atom. The van der Waals surface area contributed by atoms with Gasteiger partial charge < -0.3 is 9.53 Å². The molecule has 0 amide bonds. The molecule has 2 aliphatic rings. The summed E-state index contributed by atoms with van der Waals surface area (Å²) < 4.78 is 6.84. The van der Waals surface area contributed by atoms with Gasteiger partial charge in [0.25, 0.3) is 0 Å². The topological polar surface area (TPSA) is 29.5 Å². The van der Waals surface area contributed by atoms with Gasteiger partial charge in [-0.2, -0.15) is 0 Å². The Bertz CT molecular complexity index is 605. The quantitative estimate of drug-likeness (QED) is 0.370. The van der Waals surface area contributed by atoms with Crippen LogP contribution in [0.2, 0.25) is 18.1 Å². The van der Waals surface area contributed by atoms with Crippen molar-refractivity contribution in [2.75, 3.05) is 0 Å². The Morgan fingerprint density at radius 1 is 1.14 bits per heavy atom. The molecule has 0 spiro atoms. The summed E-state index contributed by atoms with van der Waals surface area (Å²) in [6, 6.07) is 0. The Labute approximate surface area is 176 Å². The Kier molecular flexibility index (Phi) is 6.73. The lowest BCUT2D eigenvalue weighted by Gasteiger charge is -2.46. The molecule has 0 aliphatic heterocycles. The van der Waals surface area contributed by atoms with E-state index in [1.807, 2.05) is 13.8 Å². The first-order valence-corrected chi connectivity index (χ1v) is 14.3. The van der Waals surface area contributed by atoms with E-state index in [1.165, 1.54) is 25.0 Å². The number of hydrogen-bond acceptors (Lipinski definition) is 2. The van der Waals surface area contributed by atoms with Gasteiger partial charge in [-0.3, -0.25) is 0 Å². The summed E-state index contributed by atoms with van der Waals surface area (Å²) in [7, 11) is -1.80. The summed E-state index contributed by atoms with van der Waals surface area (Å²) in [5.74, 6) is 3.27. The van der Waals surface area contributed by atoms with E-state index >= 15 is 0 Å². The van der Waals surface area contributed by atoms with Crippen LogP contribution in [-0.2, 0) is 4.43 Å². The summed E-state index contributed by atoms with van der Waals surface area (Å²) in [6.07, 6.45) is 11.9. The second-order valence-corrected chi connectivity index (χ2v) is 16.7. The van der Waals surface area contributed by atoms with Crippen molar-refractivity contribution < 1.29 is 9.53 Å². The lowest BCUT2D eigenvalue weighted by Crippen LogP contribution is -2.43. The van der Waals surface area contributed by atoms with E-state index in [4.69, 9.17) is 4.43 Å². The van der Waals surface area contributed by atoms with Crippen molar-refractivity contribution in [1.82, 2.24) is 0 Å². The molecule has 0 aromatic rings. The largest absolute Gasteiger partial charge is 0.547 e. The molecule has 2 aliphatic carbocycles. The van der Waals surface area contributed by atoms with E-state index in [0.717, 1.165) is 6.42 Å². The van der Waals surface area contributed by atoms with Crippen LogP contribution in [0.1, 0.15) is 81.1 Å². The summed E-state index contributed by atoms with van der Waals surface area (Å²) in [4.78, 5) is 0. The van der Waals surface area contributed by atoms with Crippen LogP contribution in [0.25, 0.3) is 0 Å². The summed E-state index contributed by atoms with van der Waals surface area (Å²) >= 11 is 0. The van der Waals surface area contributed by atoms with E-state index in [2.05, 4.69) is 72.9 Å². The van der Waals surface area contributed by atoms with Gasteiger partial charge in [0.05, 0.1) is 11.4 Å². The Hall–Kier alpha value is -0.543. The van der Waals surface area contributed by atoms with Crippen LogP contribution < -0.4 is 0 Å². The van der Waals surface area contributed by atoms with Crippen molar-refractivity contribution in [2.45, 2.75) is 105 Å². The zero-order valence-electron chi connectivity index (χ0n) is 20.2. The lowest BCUT2D eigenvalue weighted by molar-refractivity contribution is 0.0436. The minimum Gasteiger partial charge on any atom is -0.547 e. The molecule has 28 heavy (non-hydrogen) atoms. The molecule has 0 radical (unpaired) electrons. The van der Waals surface area contributed by atoms with Crippen molar-refractivity contribution in [3.63, 3.8) is 0 Å². The fourth-order valence-corrected chi connectivity index (χ4v) is 6.02. The summed E-state index contributed by atoms with van der Waals surface area (Å²) in [5.41, 5.74) is -0.329. The van der Waals surface area contributed by atoms with Gasteiger partial charge in [0, 0.05) is 11.8 Å². The maximum absolute atomic E-state index is 10.2. The molecule has 2 rings (SSSR count). The van der Waals surface area contributed by atoms with Gasteiger partial charge in [0.15, 0.2) is 0 Å². The minimum absolute atomic E-state index is 0.170. The third-order valence-corrected chi connectivity index (χ3v) is 12.8. The van der Waals surface area contributed by atoms with Crippen LogP contribution in [0.3, 0.4) is 0 Å². The Balaban J connectivity index is 2.16. The van der Waals surface area contributed by atoms with Gasteiger partial charge in [-0.05, 0) is 81.0 Å². The standard InChI is InChI=1S/C25H46O2Si/c1-18(13-14-19(2)24(6,7)26)20-15-16-21-22(12-11-17-25(20,21)8)27-28(9,10)23(3,4)5/h12-14,18-21,26H,11,15-17H2,1-10H3/b14-13+/t18-,19+,20-,21?,25-/m1/s1. The molecule has 0 bridgehead atoms. The van der Waals surface area contributed by atoms with Crippen molar-refractivity contribution in [3.05, 3.63) is 24.0 Å². The average Bonchev–Trinajstić information content (AvgIpc) is 2.88. The van der Waals surface area contributed by atoms with E-state index in [9.17, 15) is 5.11 Å². The van der Waals surface area contributed by atoms with Crippen LogP contribution in [0.15, 0.2) is 24.0 Å². The zero-order chi connectivity index (χ0) is 21.5. The average molecular weight is 407 g/mol. The first-order chi connectivity index (χ1) is 12.6. The van der Waals surface area contributed by atoms with Gasteiger partial charge in [-0.25, -0.2) is 0 Å². The maximum Gasteiger partial charge on any atom is 0.250 e. The molecule has 0 aromatic heterocycles. The van der Waals surface area contributed by atoms with Gasteiger partial charge in [0.1, 0.15) is 0 Å². The normalized spacial score (nSPS) is 31.5. The number of fused-ring (bicyclic) bond motifs is 1. The highest BCUT2D eigenvalue weighted by Crippen LogP contribution is 2.59. The fraction of sp³-hybridized carbons (Fsp3) is 0.840. The number of aliphatic hydroxyl groups is 1. The van der Waals surface area contributed by atoms with E-state index in [-0.39, 0.29) is 11.0 Å². The van der Waals surface area contributed by atoms with E-state index in [0.29, 0.717) is 23.2 Å². The predicted molar refractivity (Wildman–Crippen MR) is 124 cm³/mol. The van der Waals surface area contributed by atoms with E-state index in [1.54, 1.807) is 0 Å². The molecule has 5 atom stereocenters. The molecule has 1 fully saturated rings. The molecule has 0 saturated heterocycles. The SMILES string of the molecule is C[C@H](/C=C/[C@H](C)C(C)(C)O)[C@H]1CCC2C(O[Si](C)(C)C(C)(C)C)=CCC[C@@]21C. The summed E-state index contributed by atoms with van der Waals surface area (Å²) in [5, 5.41) is 10.5.